The Kier molecular flexibility index (Phi) is 4.27. The number of nitriles is 1. The molecule has 0 aromatic heterocycles. The number of amides is 1. The number of hydrogen-bond donors (Lipinski definition) is 1. The van der Waals surface area contributed by atoms with Gasteiger partial charge in [0.25, 0.3) is 0 Å². The first-order chi connectivity index (χ1) is 7.51. The maximum Gasteiger partial charge on any atom is 0.242 e. The molecule has 16 heavy (non-hydrogen) atoms. The van der Waals surface area contributed by atoms with Crippen LogP contribution >= 0.6 is 0 Å². The molecule has 5 nitrogen and oxygen atoms in total. The molecule has 1 rings (SSSR count). The molecule has 1 aliphatic rings. The van der Waals surface area contributed by atoms with E-state index in [1.54, 1.807) is 11.8 Å². The number of carbonyl (C=O) groups excluding carboxylic acids is 1. The van der Waals surface area contributed by atoms with Crippen molar-refractivity contribution in [1.29, 1.82) is 5.26 Å². The highest BCUT2D eigenvalue weighted by atomic mass is 16.5. The number of ether oxygens (including phenoxy) is 1. The van der Waals surface area contributed by atoms with Gasteiger partial charge in [-0.1, -0.05) is 13.3 Å². The summed E-state index contributed by atoms with van der Waals surface area (Å²) in [5.41, 5.74) is 5.15. The third-order valence-corrected chi connectivity index (χ3v) is 2.76. The zero-order chi connectivity index (χ0) is 12.2. The van der Waals surface area contributed by atoms with Crippen LogP contribution in [0.2, 0.25) is 0 Å². The van der Waals surface area contributed by atoms with Crippen molar-refractivity contribution >= 4 is 5.91 Å². The van der Waals surface area contributed by atoms with Gasteiger partial charge in [-0.3, -0.25) is 4.79 Å². The second kappa shape index (κ2) is 5.28. The summed E-state index contributed by atoms with van der Waals surface area (Å²) in [4.78, 5) is 13.7. The SMILES string of the molecule is CCCC(C)(N)C(=O)N1CCOC(C#N)C1. The maximum absolute atomic E-state index is 12.1. The molecule has 0 saturated carbocycles. The van der Waals surface area contributed by atoms with E-state index in [0.717, 1.165) is 6.42 Å². The summed E-state index contributed by atoms with van der Waals surface area (Å²) >= 11 is 0. The molecule has 1 amide bonds. The van der Waals surface area contributed by atoms with Crippen molar-refractivity contribution in [2.45, 2.75) is 38.3 Å². The fourth-order valence-corrected chi connectivity index (χ4v) is 1.90. The van der Waals surface area contributed by atoms with Crippen molar-refractivity contribution in [2.24, 2.45) is 5.73 Å². The highest BCUT2D eigenvalue weighted by Gasteiger charge is 2.34. The second-order valence-electron chi connectivity index (χ2n) is 4.41. The quantitative estimate of drug-likeness (QED) is 0.747. The number of hydrogen-bond acceptors (Lipinski definition) is 4. The molecule has 90 valence electrons. The fourth-order valence-electron chi connectivity index (χ4n) is 1.90. The highest BCUT2D eigenvalue weighted by molar-refractivity contribution is 5.85. The van der Waals surface area contributed by atoms with Crippen LogP contribution in [0, 0.1) is 11.3 Å². The smallest absolute Gasteiger partial charge is 0.242 e. The Morgan fingerprint density at radius 1 is 1.75 bits per heavy atom. The summed E-state index contributed by atoms with van der Waals surface area (Å²) in [6.45, 7) is 5.00. The molecule has 0 aliphatic carbocycles. The van der Waals surface area contributed by atoms with E-state index in [9.17, 15) is 4.79 Å². The number of nitrogens with zero attached hydrogens (tertiary/aromatic N) is 2. The third-order valence-electron chi connectivity index (χ3n) is 2.76. The summed E-state index contributed by atoms with van der Waals surface area (Å²) in [5.74, 6) is -0.0853. The van der Waals surface area contributed by atoms with E-state index < -0.39 is 11.6 Å². The molecule has 0 bridgehead atoms. The first kappa shape index (κ1) is 12.9. The lowest BCUT2D eigenvalue weighted by Gasteiger charge is -2.35. The van der Waals surface area contributed by atoms with Crippen molar-refractivity contribution < 1.29 is 9.53 Å². The lowest BCUT2D eigenvalue weighted by atomic mass is 9.95. The Labute approximate surface area is 96.2 Å². The Morgan fingerprint density at radius 2 is 2.44 bits per heavy atom. The van der Waals surface area contributed by atoms with Crippen molar-refractivity contribution in [2.75, 3.05) is 19.7 Å². The zero-order valence-corrected chi connectivity index (χ0v) is 9.90. The standard InChI is InChI=1S/C11H19N3O2/c1-3-4-11(2,13)10(15)14-5-6-16-9(7-12)8-14/h9H,3-6,8,13H2,1-2H3. The van der Waals surface area contributed by atoms with Gasteiger partial charge in [-0.15, -0.1) is 0 Å². The van der Waals surface area contributed by atoms with Gasteiger partial charge in [0.15, 0.2) is 6.10 Å². The van der Waals surface area contributed by atoms with Crippen molar-refractivity contribution in [1.82, 2.24) is 4.90 Å². The van der Waals surface area contributed by atoms with Gasteiger partial charge in [0, 0.05) is 6.54 Å². The van der Waals surface area contributed by atoms with E-state index in [-0.39, 0.29) is 5.91 Å². The molecule has 0 radical (unpaired) electrons. The van der Waals surface area contributed by atoms with Crippen molar-refractivity contribution in [3.05, 3.63) is 0 Å². The third kappa shape index (κ3) is 2.94. The number of carbonyl (C=O) groups is 1. The van der Waals surface area contributed by atoms with Crippen LogP contribution in [-0.2, 0) is 9.53 Å². The topological polar surface area (TPSA) is 79.3 Å². The number of nitrogens with two attached hydrogens (primary N) is 1. The number of morpholine rings is 1. The molecule has 0 aromatic carbocycles. The Hall–Kier alpha value is -1.12. The summed E-state index contributed by atoms with van der Waals surface area (Å²) in [6, 6.07) is 2.02. The molecule has 5 heteroatoms. The maximum atomic E-state index is 12.1. The van der Waals surface area contributed by atoms with E-state index in [4.69, 9.17) is 15.7 Å². The lowest BCUT2D eigenvalue weighted by Crippen LogP contribution is -2.57. The van der Waals surface area contributed by atoms with E-state index >= 15 is 0 Å². The molecule has 2 N–H and O–H groups in total. The molecule has 1 saturated heterocycles. The van der Waals surface area contributed by atoms with Crippen LogP contribution in [0.4, 0.5) is 0 Å². The molecule has 1 fully saturated rings. The molecular weight excluding hydrogens is 206 g/mol. The van der Waals surface area contributed by atoms with Gasteiger partial charge in [-0.05, 0) is 13.3 Å². The van der Waals surface area contributed by atoms with E-state index in [1.807, 2.05) is 13.0 Å². The van der Waals surface area contributed by atoms with E-state index in [1.165, 1.54) is 0 Å². The normalized spacial score (nSPS) is 24.6. The van der Waals surface area contributed by atoms with Crippen LogP contribution in [0.5, 0.6) is 0 Å². The average Bonchev–Trinajstić information content (AvgIpc) is 2.28. The second-order valence-corrected chi connectivity index (χ2v) is 4.41. The highest BCUT2D eigenvalue weighted by Crippen LogP contribution is 2.15. The van der Waals surface area contributed by atoms with Crippen molar-refractivity contribution in [3.63, 3.8) is 0 Å². The first-order valence-electron chi connectivity index (χ1n) is 5.60. The van der Waals surface area contributed by atoms with Crippen molar-refractivity contribution in [3.8, 4) is 6.07 Å². The van der Waals surface area contributed by atoms with Crippen LogP contribution < -0.4 is 5.73 Å². The lowest BCUT2D eigenvalue weighted by molar-refractivity contribution is -0.142. The van der Waals surface area contributed by atoms with Gasteiger partial charge in [0.05, 0.1) is 24.8 Å². The van der Waals surface area contributed by atoms with Crippen LogP contribution in [0.1, 0.15) is 26.7 Å². The van der Waals surface area contributed by atoms with E-state index in [2.05, 4.69) is 0 Å². The zero-order valence-electron chi connectivity index (χ0n) is 9.90. The van der Waals surface area contributed by atoms with Crippen LogP contribution in [0.15, 0.2) is 0 Å². The van der Waals surface area contributed by atoms with E-state index in [0.29, 0.717) is 26.1 Å². The number of rotatable bonds is 3. The summed E-state index contributed by atoms with van der Waals surface area (Å²) < 4.78 is 5.18. The Bertz CT molecular complexity index is 296. The van der Waals surface area contributed by atoms with Crippen LogP contribution in [-0.4, -0.2) is 42.1 Å². The van der Waals surface area contributed by atoms with Crippen LogP contribution in [0.3, 0.4) is 0 Å². The van der Waals surface area contributed by atoms with Gasteiger partial charge < -0.3 is 15.4 Å². The predicted molar refractivity (Wildman–Crippen MR) is 59.4 cm³/mol. The summed E-state index contributed by atoms with van der Waals surface area (Å²) in [5, 5.41) is 8.75. The predicted octanol–water partition coefficient (Wildman–Crippen LogP) is 0.255. The first-order valence-corrected chi connectivity index (χ1v) is 5.60. The minimum Gasteiger partial charge on any atom is -0.360 e. The Morgan fingerprint density at radius 3 is 3.00 bits per heavy atom. The minimum absolute atomic E-state index is 0.0853. The molecule has 2 unspecified atom stereocenters. The summed E-state index contributed by atoms with van der Waals surface area (Å²) in [6.07, 6.45) is 1.00. The molecule has 0 aromatic rings. The van der Waals surface area contributed by atoms with Crippen LogP contribution in [0.25, 0.3) is 0 Å². The fraction of sp³-hybridized carbons (Fsp3) is 0.818. The molecule has 1 heterocycles. The molecule has 0 spiro atoms. The van der Waals surface area contributed by atoms with Gasteiger partial charge in [-0.2, -0.15) is 5.26 Å². The van der Waals surface area contributed by atoms with Gasteiger partial charge >= 0.3 is 0 Å². The monoisotopic (exact) mass is 225 g/mol. The molecule has 2 atom stereocenters. The average molecular weight is 225 g/mol. The largest absolute Gasteiger partial charge is 0.360 e. The molecular formula is C11H19N3O2. The van der Waals surface area contributed by atoms with Gasteiger partial charge in [0.1, 0.15) is 0 Å². The van der Waals surface area contributed by atoms with Gasteiger partial charge in [0.2, 0.25) is 5.91 Å². The molecule has 1 aliphatic heterocycles. The minimum atomic E-state index is -0.827. The van der Waals surface area contributed by atoms with Gasteiger partial charge in [-0.25, -0.2) is 0 Å². The Balaban J connectivity index is 2.63. The summed E-state index contributed by atoms with van der Waals surface area (Å²) in [7, 11) is 0.